The van der Waals surface area contributed by atoms with E-state index in [1.165, 1.54) is 5.56 Å². The molecule has 0 aliphatic heterocycles. The molecule has 0 aliphatic carbocycles. The zero-order valence-electron chi connectivity index (χ0n) is 9.00. The van der Waals surface area contributed by atoms with E-state index in [2.05, 4.69) is 29.8 Å². The molecule has 0 aliphatic rings. The minimum Gasteiger partial charge on any atom is -0.393 e. The average Bonchev–Trinajstić information content (AvgIpc) is 2.19. The molecule has 0 fully saturated rings. The molecule has 0 heterocycles. The van der Waals surface area contributed by atoms with Crippen molar-refractivity contribution >= 4 is 15.9 Å². The van der Waals surface area contributed by atoms with Crippen molar-refractivity contribution in [2.45, 2.75) is 26.4 Å². The van der Waals surface area contributed by atoms with Crippen LogP contribution >= 0.6 is 15.9 Å². The van der Waals surface area contributed by atoms with Crippen molar-refractivity contribution in [3.05, 3.63) is 33.8 Å². The normalized spacial score (nSPS) is 13.2. The molecule has 1 atom stereocenters. The quantitative estimate of drug-likeness (QED) is 0.889. The van der Waals surface area contributed by atoms with Gasteiger partial charge >= 0.3 is 0 Å². The van der Waals surface area contributed by atoms with Gasteiger partial charge in [0.25, 0.3) is 0 Å². The lowest BCUT2D eigenvalue weighted by molar-refractivity contribution is 0.180. The van der Waals surface area contributed by atoms with Crippen LogP contribution in [0.4, 0.5) is 4.39 Å². The van der Waals surface area contributed by atoms with Gasteiger partial charge in [-0.05, 0) is 29.5 Å². The van der Waals surface area contributed by atoms with Gasteiger partial charge in [-0.25, -0.2) is 4.39 Å². The van der Waals surface area contributed by atoms with Gasteiger partial charge in [0.1, 0.15) is 6.17 Å². The van der Waals surface area contributed by atoms with Crippen molar-refractivity contribution in [3.63, 3.8) is 0 Å². The predicted molar refractivity (Wildman–Crippen MR) is 63.6 cm³/mol. The molecule has 1 aromatic carbocycles. The first-order chi connectivity index (χ1) is 7.04. The van der Waals surface area contributed by atoms with E-state index in [-0.39, 0.29) is 0 Å². The minimum absolute atomic E-state index is 0.462. The number of aliphatic hydroxyl groups excluding tert-OH is 1. The maximum Gasteiger partial charge on any atom is 0.148 e. The van der Waals surface area contributed by atoms with E-state index in [0.717, 1.165) is 10.9 Å². The molecule has 0 saturated carbocycles. The molecule has 1 nitrogen and oxygen atoms in total. The van der Waals surface area contributed by atoms with Crippen LogP contribution in [0, 0.1) is 5.92 Å². The molecule has 15 heavy (non-hydrogen) atoms. The van der Waals surface area contributed by atoms with Crippen molar-refractivity contribution in [1.29, 1.82) is 0 Å². The van der Waals surface area contributed by atoms with Gasteiger partial charge in [-0.3, -0.25) is 0 Å². The first-order valence-corrected chi connectivity index (χ1v) is 5.87. The number of hydrogen-bond acceptors (Lipinski definition) is 1. The van der Waals surface area contributed by atoms with Crippen LogP contribution in [0.1, 0.15) is 31.1 Å². The van der Waals surface area contributed by atoms with Crippen LogP contribution in [0.15, 0.2) is 22.7 Å². The number of hydrogen-bond donors (Lipinski definition) is 1. The second kappa shape index (κ2) is 5.61. The van der Waals surface area contributed by atoms with E-state index in [4.69, 9.17) is 5.11 Å². The van der Waals surface area contributed by atoms with Crippen LogP contribution in [-0.4, -0.2) is 11.7 Å². The topological polar surface area (TPSA) is 20.2 Å². The monoisotopic (exact) mass is 274 g/mol. The Labute approximate surface area is 98.4 Å². The maximum absolute atomic E-state index is 13.2. The lowest BCUT2D eigenvalue weighted by atomic mass is 10.0. The molecule has 1 rings (SSSR count). The summed E-state index contributed by atoms with van der Waals surface area (Å²) in [6, 6.07) is 5.41. The highest BCUT2D eigenvalue weighted by Gasteiger charge is 2.10. The third-order valence-electron chi connectivity index (χ3n) is 2.23. The predicted octanol–water partition coefficient (Wildman–Crippen LogP) is 3.65. The van der Waals surface area contributed by atoms with Crippen molar-refractivity contribution in [2.24, 2.45) is 5.92 Å². The second-order valence-corrected chi connectivity index (χ2v) is 4.95. The minimum atomic E-state index is -1.28. The summed E-state index contributed by atoms with van der Waals surface area (Å²) in [7, 11) is 0. The third-order valence-corrected chi connectivity index (χ3v) is 2.97. The number of halogens is 2. The molecular formula is C12H16BrFO. The first kappa shape index (κ1) is 12.7. The first-order valence-electron chi connectivity index (χ1n) is 5.07. The summed E-state index contributed by atoms with van der Waals surface area (Å²) in [4.78, 5) is 0. The molecule has 1 aromatic rings. The molecule has 0 bridgehead atoms. The summed E-state index contributed by atoms with van der Waals surface area (Å²) >= 11 is 3.42. The Morgan fingerprint density at radius 3 is 2.53 bits per heavy atom. The second-order valence-electron chi connectivity index (χ2n) is 4.10. The highest BCUT2D eigenvalue weighted by Crippen LogP contribution is 2.25. The number of rotatable bonds is 4. The highest BCUT2D eigenvalue weighted by atomic mass is 79.9. The third kappa shape index (κ3) is 3.58. The number of aliphatic hydroxyl groups is 1. The van der Waals surface area contributed by atoms with Gasteiger partial charge in [0.15, 0.2) is 0 Å². The average molecular weight is 275 g/mol. The Hall–Kier alpha value is -0.410. The highest BCUT2D eigenvalue weighted by molar-refractivity contribution is 9.10. The molecule has 84 valence electrons. The molecule has 0 aromatic heterocycles. The Balaban J connectivity index is 2.88. The summed E-state index contributed by atoms with van der Waals surface area (Å²) in [5, 5.41) is 8.70. The van der Waals surface area contributed by atoms with Gasteiger partial charge in [0.05, 0.1) is 6.61 Å². The van der Waals surface area contributed by atoms with Gasteiger partial charge < -0.3 is 5.11 Å². The van der Waals surface area contributed by atoms with E-state index >= 15 is 0 Å². The van der Waals surface area contributed by atoms with E-state index in [9.17, 15) is 4.39 Å². The fourth-order valence-corrected chi connectivity index (χ4v) is 2.03. The van der Waals surface area contributed by atoms with E-state index in [0.29, 0.717) is 11.5 Å². The Kier molecular flexibility index (Phi) is 4.74. The van der Waals surface area contributed by atoms with Gasteiger partial charge in [-0.15, -0.1) is 0 Å². The SMILES string of the molecule is CC(C)Cc1ccc(C(F)CO)cc1Br. The van der Waals surface area contributed by atoms with Crippen LogP contribution in [0.3, 0.4) is 0 Å². The molecule has 0 amide bonds. The Morgan fingerprint density at radius 2 is 2.07 bits per heavy atom. The van der Waals surface area contributed by atoms with Gasteiger partial charge in [-0.1, -0.05) is 41.9 Å². The van der Waals surface area contributed by atoms with Crippen LogP contribution in [-0.2, 0) is 6.42 Å². The molecule has 3 heteroatoms. The van der Waals surface area contributed by atoms with E-state index in [1.807, 2.05) is 6.07 Å². The lowest BCUT2D eigenvalue weighted by Crippen LogP contribution is -2.00. The van der Waals surface area contributed by atoms with Crippen LogP contribution < -0.4 is 0 Å². The van der Waals surface area contributed by atoms with Crippen molar-refractivity contribution in [2.75, 3.05) is 6.61 Å². The largest absolute Gasteiger partial charge is 0.393 e. The Morgan fingerprint density at radius 1 is 1.40 bits per heavy atom. The standard InChI is InChI=1S/C12H16BrFO/c1-8(2)5-9-3-4-10(6-11(9)13)12(14)7-15/h3-4,6,8,12,15H,5,7H2,1-2H3. The van der Waals surface area contributed by atoms with Gasteiger partial charge in [0, 0.05) is 4.47 Å². The van der Waals surface area contributed by atoms with Crippen molar-refractivity contribution in [1.82, 2.24) is 0 Å². The number of benzene rings is 1. The molecule has 1 unspecified atom stereocenters. The van der Waals surface area contributed by atoms with Crippen LogP contribution in [0.2, 0.25) is 0 Å². The van der Waals surface area contributed by atoms with Crippen molar-refractivity contribution < 1.29 is 9.50 Å². The molecular weight excluding hydrogens is 259 g/mol. The number of alkyl halides is 1. The summed E-state index contributed by atoms with van der Waals surface area (Å²) in [6.07, 6.45) is -0.314. The maximum atomic E-state index is 13.2. The summed E-state index contributed by atoms with van der Waals surface area (Å²) in [6.45, 7) is 3.83. The lowest BCUT2D eigenvalue weighted by Gasteiger charge is -2.11. The van der Waals surface area contributed by atoms with E-state index in [1.54, 1.807) is 12.1 Å². The summed E-state index contributed by atoms with van der Waals surface area (Å²) < 4.78 is 14.1. The Bertz CT molecular complexity index is 325. The van der Waals surface area contributed by atoms with Gasteiger partial charge in [-0.2, -0.15) is 0 Å². The summed E-state index contributed by atoms with van der Waals surface area (Å²) in [5.41, 5.74) is 1.70. The van der Waals surface area contributed by atoms with E-state index < -0.39 is 12.8 Å². The molecule has 0 spiro atoms. The fraction of sp³-hybridized carbons (Fsp3) is 0.500. The smallest absolute Gasteiger partial charge is 0.148 e. The van der Waals surface area contributed by atoms with Crippen molar-refractivity contribution in [3.8, 4) is 0 Å². The molecule has 0 radical (unpaired) electrons. The zero-order valence-corrected chi connectivity index (χ0v) is 10.6. The van der Waals surface area contributed by atoms with Crippen LogP contribution in [0.25, 0.3) is 0 Å². The fourth-order valence-electron chi connectivity index (χ4n) is 1.47. The molecule has 1 N–H and O–H groups in total. The van der Waals surface area contributed by atoms with Gasteiger partial charge in [0.2, 0.25) is 0 Å². The van der Waals surface area contributed by atoms with Crippen LogP contribution in [0.5, 0.6) is 0 Å². The zero-order chi connectivity index (χ0) is 11.4. The summed E-state index contributed by atoms with van der Waals surface area (Å²) in [5.74, 6) is 0.575. The molecule has 0 saturated heterocycles.